The van der Waals surface area contributed by atoms with Crippen LogP contribution in [-0.4, -0.2) is 49.3 Å². The van der Waals surface area contributed by atoms with E-state index in [1.54, 1.807) is 25.2 Å². The van der Waals surface area contributed by atoms with Gasteiger partial charge in [0.1, 0.15) is 23.4 Å². The first-order valence-electron chi connectivity index (χ1n) is 7.46. The number of ether oxygens (including phenoxy) is 2. The Balaban J connectivity index is 2.35. The summed E-state index contributed by atoms with van der Waals surface area (Å²) >= 11 is 1.50. The molecular formula is C16H22N2O4S. The molecule has 0 saturated carbocycles. The van der Waals surface area contributed by atoms with Crippen LogP contribution in [0.25, 0.3) is 0 Å². The molecule has 7 heteroatoms. The Kier molecular flexibility index (Phi) is 5.76. The molecular weight excluding hydrogens is 316 g/mol. The fraction of sp³-hybridized carbons (Fsp3) is 0.500. The van der Waals surface area contributed by atoms with Crippen molar-refractivity contribution in [3.8, 4) is 11.5 Å². The molecule has 2 rings (SSSR count). The zero-order valence-corrected chi connectivity index (χ0v) is 14.6. The number of carbonyl (C=O) groups excluding carboxylic acids is 2. The van der Waals surface area contributed by atoms with Crippen LogP contribution in [0.4, 0.5) is 0 Å². The average molecular weight is 338 g/mol. The van der Waals surface area contributed by atoms with Gasteiger partial charge in [-0.15, -0.1) is 11.8 Å². The van der Waals surface area contributed by atoms with E-state index in [0.29, 0.717) is 18.0 Å². The number of likely N-dealkylation sites (N-methyl/N-ethyl adjacent to an activating group) is 1. The summed E-state index contributed by atoms with van der Waals surface area (Å²) in [4.78, 5) is 26.0. The molecule has 1 saturated heterocycles. The molecule has 2 atom stereocenters. The molecule has 1 heterocycles. The van der Waals surface area contributed by atoms with Gasteiger partial charge in [0.25, 0.3) is 0 Å². The van der Waals surface area contributed by atoms with Crippen LogP contribution >= 0.6 is 11.8 Å². The monoisotopic (exact) mass is 338 g/mol. The second-order valence-corrected chi connectivity index (χ2v) is 6.58. The van der Waals surface area contributed by atoms with Crippen molar-refractivity contribution in [3.05, 3.63) is 23.8 Å². The molecule has 1 N–H and O–H groups in total. The Morgan fingerprint density at radius 1 is 1.35 bits per heavy atom. The number of thioether (sulfide) groups is 1. The van der Waals surface area contributed by atoms with Crippen molar-refractivity contribution in [2.75, 3.05) is 27.3 Å². The van der Waals surface area contributed by atoms with Gasteiger partial charge in [-0.05, 0) is 32.0 Å². The number of carbonyl (C=O) groups is 2. The molecule has 0 spiro atoms. The minimum absolute atomic E-state index is 0.0368. The predicted octanol–water partition coefficient (Wildman–Crippen LogP) is 1.80. The first-order chi connectivity index (χ1) is 11.0. The number of benzene rings is 1. The van der Waals surface area contributed by atoms with Crippen LogP contribution in [0.3, 0.4) is 0 Å². The summed E-state index contributed by atoms with van der Waals surface area (Å²) in [7, 11) is 3.18. The van der Waals surface area contributed by atoms with E-state index in [2.05, 4.69) is 5.32 Å². The molecule has 1 fully saturated rings. The van der Waals surface area contributed by atoms with Crippen LogP contribution in [0.2, 0.25) is 0 Å². The van der Waals surface area contributed by atoms with Crippen LogP contribution in [0.15, 0.2) is 18.2 Å². The van der Waals surface area contributed by atoms with Gasteiger partial charge in [-0.1, -0.05) is 0 Å². The van der Waals surface area contributed by atoms with E-state index >= 15 is 0 Å². The molecule has 126 valence electrons. The molecule has 0 aliphatic carbocycles. The number of hydrogen-bond acceptors (Lipinski definition) is 5. The molecule has 1 aromatic rings. The first-order valence-corrected chi connectivity index (χ1v) is 8.40. The van der Waals surface area contributed by atoms with Gasteiger partial charge in [0.15, 0.2) is 0 Å². The van der Waals surface area contributed by atoms with E-state index in [4.69, 9.17) is 9.47 Å². The van der Waals surface area contributed by atoms with Gasteiger partial charge < -0.3 is 19.7 Å². The van der Waals surface area contributed by atoms with E-state index in [1.807, 2.05) is 26.0 Å². The number of rotatable bonds is 6. The minimum Gasteiger partial charge on any atom is -0.497 e. The van der Waals surface area contributed by atoms with Crippen LogP contribution in [0, 0.1) is 0 Å². The molecule has 1 aliphatic rings. The summed E-state index contributed by atoms with van der Waals surface area (Å²) in [5, 5.41) is 2.26. The zero-order chi connectivity index (χ0) is 17.0. The maximum absolute atomic E-state index is 12.4. The van der Waals surface area contributed by atoms with Crippen LogP contribution < -0.4 is 14.8 Å². The van der Waals surface area contributed by atoms with Crippen molar-refractivity contribution in [1.82, 2.24) is 10.2 Å². The fourth-order valence-electron chi connectivity index (χ4n) is 2.52. The summed E-state index contributed by atoms with van der Waals surface area (Å²) < 4.78 is 10.7. The maximum Gasteiger partial charge on any atom is 0.239 e. The van der Waals surface area contributed by atoms with Gasteiger partial charge in [0, 0.05) is 12.1 Å². The van der Waals surface area contributed by atoms with Crippen LogP contribution in [0.5, 0.6) is 11.5 Å². The van der Waals surface area contributed by atoms with Crippen molar-refractivity contribution >= 4 is 23.6 Å². The van der Waals surface area contributed by atoms with E-state index in [1.165, 1.54) is 11.8 Å². The molecule has 1 aliphatic heterocycles. The molecule has 1 aromatic carbocycles. The summed E-state index contributed by atoms with van der Waals surface area (Å²) in [6, 6.07) is 5.47. The van der Waals surface area contributed by atoms with Gasteiger partial charge in [0.2, 0.25) is 11.8 Å². The SMILES string of the molecule is CCNC(=O)CN1C(=O)C(C)SC1c1cc(OC)ccc1OC. The lowest BCUT2D eigenvalue weighted by Gasteiger charge is -2.25. The normalized spacial score (nSPS) is 20.5. The summed E-state index contributed by atoms with van der Waals surface area (Å²) in [6.45, 7) is 4.28. The molecule has 0 aromatic heterocycles. The van der Waals surface area contributed by atoms with E-state index < -0.39 is 0 Å². The molecule has 2 amide bonds. The Morgan fingerprint density at radius 2 is 2.09 bits per heavy atom. The number of amides is 2. The smallest absolute Gasteiger partial charge is 0.239 e. The number of nitrogens with one attached hydrogen (secondary N) is 1. The van der Waals surface area contributed by atoms with Gasteiger partial charge >= 0.3 is 0 Å². The quantitative estimate of drug-likeness (QED) is 0.857. The number of nitrogens with zero attached hydrogens (tertiary/aromatic N) is 1. The molecule has 0 radical (unpaired) electrons. The molecule has 2 unspecified atom stereocenters. The van der Waals surface area contributed by atoms with Gasteiger partial charge in [-0.3, -0.25) is 9.59 Å². The Morgan fingerprint density at radius 3 is 2.70 bits per heavy atom. The topological polar surface area (TPSA) is 67.9 Å². The van der Waals surface area contributed by atoms with Crippen molar-refractivity contribution in [2.45, 2.75) is 24.5 Å². The lowest BCUT2D eigenvalue weighted by Crippen LogP contribution is -2.40. The molecule has 0 bridgehead atoms. The van der Waals surface area contributed by atoms with Gasteiger partial charge in [0.05, 0.1) is 19.5 Å². The highest BCUT2D eigenvalue weighted by molar-refractivity contribution is 8.01. The van der Waals surface area contributed by atoms with Gasteiger partial charge in [-0.25, -0.2) is 0 Å². The summed E-state index contributed by atoms with van der Waals surface area (Å²) in [5.74, 6) is 1.15. The average Bonchev–Trinajstić information content (AvgIpc) is 2.82. The zero-order valence-electron chi connectivity index (χ0n) is 13.8. The lowest BCUT2D eigenvalue weighted by molar-refractivity contribution is -0.135. The second-order valence-electron chi connectivity index (χ2n) is 5.16. The fourth-order valence-corrected chi connectivity index (χ4v) is 3.81. The highest BCUT2D eigenvalue weighted by atomic mass is 32.2. The van der Waals surface area contributed by atoms with Crippen LogP contribution in [-0.2, 0) is 9.59 Å². The number of methoxy groups -OCH3 is 2. The van der Waals surface area contributed by atoms with E-state index in [0.717, 1.165) is 5.56 Å². The third kappa shape index (κ3) is 3.72. The highest BCUT2D eigenvalue weighted by Crippen LogP contribution is 2.46. The van der Waals surface area contributed by atoms with Crippen molar-refractivity contribution in [3.63, 3.8) is 0 Å². The Bertz CT molecular complexity index is 593. The Hall–Kier alpha value is -1.89. The molecule has 23 heavy (non-hydrogen) atoms. The second kappa shape index (κ2) is 7.59. The van der Waals surface area contributed by atoms with E-state index in [9.17, 15) is 9.59 Å². The third-order valence-corrected chi connectivity index (χ3v) is 5.01. The number of hydrogen-bond donors (Lipinski definition) is 1. The van der Waals surface area contributed by atoms with Crippen molar-refractivity contribution in [1.29, 1.82) is 0 Å². The summed E-state index contributed by atoms with van der Waals surface area (Å²) in [6.07, 6.45) is 0. The summed E-state index contributed by atoms with van der Waals surface area (Å²) in [5.41, 5.74) is 0.832. The predicted molar refractivity (Wildman–Crippen MR) is 89.7 cm³/mol. The van der Waals surface area contributed by atoms with Gasteiger partial charge in [-0.2, -0.15) is 0 Å². The Labute approximate surface area is 140 Å². The van der Waals surface area contributed by atoms with E-state index in [-0.39, 0.29) is 29.0 Å². The molecule has 6 nitrogen and oxygen atoms in total. The van der Waals surface area contributed by atoms with Crippen LogP contribution in [0.1, 0.15) is 24.8 Å². The maximum atomic E-state index is 12.4. The largest absolute Gasteiger partial charge is 0.497 e. The first kappa shape index (κ1) is 17.5. The van der Waals surface area contributed by atoms with Crippen molar-refractivity contribution < 1.29 is 19.1 Å². The highest BCUT2D eigenvalue weighted by Gasteiger charge is 2.40. The van der Waals surface area contributed by atoms with Crippen molar-refractivity contribution in [2.24, 2.45) is 0 Å². The minimum atomic E-state index is -0.273. The standard InChI is InChI=1S/C16H22N2O4S/c1-5-17-14(19)9-18-15(20)10(2)23-16(18)12-8-11(21-3)6-7-13(12)22-4/h6-8,10,16H,5,9H2,1-4H3,(H,17,19). The lowest BCUT2D eigenvalue weighted by atomic mass is 10.1. The third-order valence-electron chi connectivity index (χ3n) is 3.64.